The number of nitrogens with zero attached hydrogens (tertiary/aromatic N) is 4. The van der Waals surface area contributed by atoms with Crippen molar-refractivity contribution in [1.82, 2.24) is 19.6 Å². The van der Waals surface area contributed by atoms with Gasteiger partial charge in [0.25, 0.3) is 0 Å². The monoisotopic (exact) mass is 321 g/mol. The fraction of sp³-hybridized carbons (Fsp3) is 0.118. The Morgan fingerprint density at radius 3 is 2.70 bits per heavy atom. The van der Waals surface area contributed by atoms with Crippen LogP contribution in [0.1, 0.15) is 5.69 Å². The van der Waals surface area contributed by atoms with E-state index in [0.717, 1.165) is 40.0 Å². The number of aromatic nitrogens is 4. The van der Waals surface area contributed by atoms with E-state index in [1.54, 1.807) is 11.3 Å². The van der Waals surface area contributed by atoms with Crippen LogP contribution in [0.4, 0.5) is 5.13 Å². The first kappa shape index (κ1) is 13.9. The van der Waals surface area contributed by atoms with Gasteiger partial charge in [-0.05, 0) is 12.1 Å². The standard InChI is InChI=1S/C17H15N5S/c1-2-6-13(7-3-1)15-12-22-17(20-15)23-16(21-22)19-11-9-14-8-4-5-10-18-14/h1-8,10,12H,9,11H2,(H,19,21). The Kier molecular flexibility index (Phi) is 3.73. The molecular weight excluding hydrogens is 306 g/mol. The van der Waals surface area contributed by atoms with Crippen molar-refractivity contribution in [2.45, 2.75) is 6.42 Å². The molecule has 4 aromatic rings. The second-order valence-corrected chi connectivity index (χ2v) is 6.08. The van der Waals surface area contributed by atoms with Crippen LogP contribution in [-0.2, 0) is 6.42 Å². The van der Waals surface area contributed by atoms with Crippen LogP contribution in [0, 0.1) is 0 Å². The van der Waals surface area contributed by atoms with E-state index in [2.05, 4.69) is 32.5 Å². The lowest BCUT2D eigenvalue weighted by Gasteiger charge is -2.01. The SMILES string of the molecule is c1ccc(-c2cn3nc(NCCc4ccccn4)sc3n2)cc1. The van der Waals surface area contributed by atoms with Crippen LogP contribution in [0.3, 0.4) is 0 Å². The third kappa shape index (κ3) is 3.07. The maximum absolute atomic E-state index is 4.64. The number of anilines is 1. The molecule has 0 unspecified atom stereocenters. The molecule has 5 nitrogen and oxygen atoms in total. The topological polar surface area (TPSA) is 55.1 Å². The molecule has 0 amide bonds. The minimum atomic E-state index is 0.805. The second kappa shape index (κ2) is 6.18. The molecule has 0 fully saturated rings. The maximum Gasteiger partial charge on any atom is 0.214 e. The molecule has 4 rings (SSSR count). The first-order chi connectivity index (χ1) is 11.4. The van der Waals surface area contributed by atoms with Gasteiger partial charge in [0.2, 0.25) is 10.1 Å². The lowest BCUT2D eigenvalue weighted by atomic mass is 10.2. The zero-order valence-electron chi connectivity index (χ0n) is 12.4. The molecule has 0 atom stereocenters. The summed E-state index contributed by atoms with van der Waals surface area (Å²) in [5.74, 6) is 0. The number of benzene rings is 1. The molecule has 3 heterocycles. The van der Waals surface area contributed by atoms with Crippen molar-refractivity contribution in [3.63, 3.8) is 0 Å². The molecule has 1 aromatic carbocycles. The minimum absolute atomic E-state index is 0.805. The Hall–Kier alpha value is -2.73. The van der Waals surface area contributed by atoms with Crippen LogP contribution < -0.4 is 5.32 Å². The van der Waals surface area contributed by atoms with Gasteiger partial charge in [-0.1, -0.05) is 47.7 Å². The quantitative estimate of drug-likeness (QED) is 0.611. The molecule has 0 aliphatic carbocycles. The zero-order valence-corrected chi connectivity index (χ0v) is 13.2. The van der Waals surface area contributed by atoms with E-state index in [1.807, 2.05) is 53.3 Å². The summed E-state index contributed by atoms with van der Waals surface area (Å²) in [6.07, 6.45) is 4.65. The number of pyridine rings is 1. The normalized spacial score (nSPS) is 11.0. The van der Waals surface area contributed by atoms with E-state index in [9.17, 15) is 0 Å². The molecule has 0 aliphatic rings. The predicted molar refractivity (Wildman–Crippen MR) is 92.7 cm³/mol. The fourth-order valence-corrected chi connectivity index (χ4v) is 3.17. The number of fused-ring (bicyclic) bond motifs is 1. The summed E-state index contributed by atoms with van der Waals surface area (Å²) >= 11 is 1.56. The first-order valence-electron chi connectivity index (χ1n) is 7.44. The highest BCUT2D eigenvalue weighted by Crippen LogP contribution is 2.24. The van der Waals surface area contributed by atoms with Crippen molar-refractivity contribution < 1.29 is 0 Å². The van der Waals surface area contributed by atoms with Crippen LogP contribution in [0.15, 0.2) is 60.9 Å². The van der Waals surface area contributed by atoms with Crippen molar-refractivity contribution in [3.05, 3.63) is 66.6 Å². The molecule has 6 heteroatoms. The maximum atomic E-state index is 4.64. The van der Waals surface area contributed by atoms with Crippen LogP contribution in [0.2, 0.25) is 0 Å². The van der Waals surface area contributed by atoms with Gasteiger partial charge < -0.3 is 5.32 Å². The Morgan fingerprint density at radius 2 is 1.91 bits per heavy atom. The van der Waals surface area contributed by atoms with Gasteiger partial charge in [-0.2, -0.15) is 0 Å². The van der Waals surface area contributed by atoms with Gasteiger partial charge >= 0.3 is 0 Å². The van der Waals surface area contributed by atoms with Crippen molar-refractivity contribution in [2.24, 2.45) is 0 Å². The highest BCUT2D eigenvalue weighted by Gasteiger charge is 2.09. The second-order valence-electron chi connectivity index (χ2n) is 5.12. The molecule has 0 bridgehead atoms. The Balaban J connectivity index is 1.44. The average Bonchev–Trinajstić information content (AvgIpc) is 3.15. The number of rotatable bonds is 5. The van der Waals surface area contributed by atoms with Gasteiger partial charge in [0.15, 0.2) is 0 Å². The highest BCUT2D eigenvalue weighted by molar-refractivity contribution is 7.20. The molecule has 23 heavy (non-hydrogen) atoms. The lowest BCUT2D eigenvalue weighted by Crippen LogP contribution is -2.05. The molecular formula is C17H15N5S. The summed E-state index contributed by atoms with van der Waals surface area (Å²) < 4.78 is 1.83. The Labute approximate surface area is 137 Å². The molecule has 0 spiro atoms. The predicted octanol–water partition coefficient (Wildman–Crippen LogP) is 3.51. The molecule has 0 saturated heterocycles. The number of hydrogen-bond acceptors (Lipinski definition) is 5. The van der Waals surface area contributed by atoms with Crippen LogP contribution >= 0.6 is 11.3 Å². The van der Waals surface area contributed by atoms with E-state index in [4.69, 9.17) is 0 Å². The molecule has 0 radical (unpaired) electrons. The van der Waals surface area contributed by atoms with Gasteiger partial charge in [-0.25, -0.2) is 9.50 Å². The van der Waals surface area contributed by atoms with E-state index >= 15 is 0 Å². The van der Waals surface area contributed by atoms with Crippen molar-refractivity contribution in [2.75, 3.05) is 11.9 Å². The summed E-state index contributed by atoms with van der Waals surface area (Å²) in [5, 5.41) is 8.74. The van der Waals surface area contributed by atoms with Crippen LogP contribution in [0.5, 0.6) is 0 Å². The zero-order chi connectivity index (χ0) is 15.5. The minimum Gasteiger partial charge on any atom is -0.360 e. The summed E-state index contributed by atoms with van der Waals surface area (Å²) in [7, 11) is 0. The summed E-state index contributed by atoms with van der Waals surface area (Å²) in [4.78, 5) is 9.84. The van der Waals surface area contributed by atoms with E-state index in [-0.39, 0.29) is 0 Å². The molecule has 0 aliphatic heterocycles. The molecule has 114 valence electrons. The smallest absolute Gasteiger partial charge is 0.214 e. The number of hydrogen-bond donors (Lipinski definition) is 1. The van der Waals surface area contributed by atoms with Crippen molar-refractivity contribution in [3.8, 4) is 11.3 Å². The van der Waals surface area contributed by atoms with Gasteiger partial charge in [-0.3, -0.25) is 4.98 Å². The molecule has 0 saturated carbocycles. The van der Waals surface area contributed by atoms with Crippen molar-refractivity contribution >= 4 is 21.4 Å². The largest absolute Gasteiger partial charge is 0.360 e. The van der Waals surface area contributed by atoms with Crippen LogP contribution in [-0.4, -0.2) is 26.1 Å². The summed E-state index contributed by atoms with van der Waals surface area (Å²) in [6, 6.07) is 16.1. The fourth-order valence-electron chi connectivity index (χ4n) is 2.36. The average molecular weight is 321 g/mol. The summed E-state index contributed by atoms with van der Waals surface area (Å²) in [6.45, 7) is 0.805. The molecule has 1 N–H and O–H groups in total. The summed E-state index contributed by atoms with van der Waals surface area (Å²) in [5.41, 5.74) is 3.13. The van der Waals surface area contributed by atoms with Gasteiger partial charge in [-0.15, -0.1) is 5.10 Å². The Bertz CT molecular complexity index is 867. The Morgan fingerprint density at radius 1 is 1.04 bits per heavy atom. The highest BCUT2D eigenvalue weighted by atomic mass is 32.1. The third-order valence-electron chi connectivity index (χ3n) is 3.50. The van der Waals surface area contributed by atoms with E-state index in [1.165, 1.54) is 0 Å². The first-order valence-corrected chi connectivity index (χ1v) is 8.25. The van der Waals surface area contributed by atoms with Gasteiger partial charge in [0.05, 0.1) is 11.9 Å². The lowest BCUT2D eigenvalue weighted by molar-refractivity contribution is 0.929. The van der Waals surface area contributed by atoms with E-state index in [0.29, 0.717) is 0 Å². The van der Waals surface area contributed by atoms with Crippen molar-refractivity contribution in [1.29, 1.82) is 0 Å². The molecule has 3 aromatic heterocycles. The number of imidazole rings is 1. The van der Waals surface area contributed by atoms with Gasteiger partial charge in [0.1, 0.15) is 0 Å². The third-order valence-corrected chi connectivity index (χ3v) is 4.38. The number of nitrogens with one attached hydrogen (secondary N) is 1. The van der Waals surface area contributed by atoms with Crippen LogP contribution in [0.25, 0.3) is 16.2 Å². The van der Waals surface area contributed by atoms with E-state index < -0.39 is 0 Å². The van der Waals surface area contributed by atoms with Gasteiger partial charge in [0, 0.05) is 30.4 Å².